The van der Waals surface area contributed by atoms with Gasteiger partial charge >= 0.3 is 0 Å². The molecule has 0 spiro atoms. The predicted octanol–water partition coefficient (Wildman–Crippen LogP) is 1.43. The van der Waals surface area contributed by atoms with Gasteiger partial charge in [-0.25, -0.2) is 0 Å². The number of nitrogen functional groups attached to an aromatic ring is 1. The van der Waals surface area contributed by atoms with Crippen LogP contribution in [0.5, 0.6) is 0 Å². The minimum atomic E-state index is -0.132. The van der Waals surface area contributed by atoms with Crippen LogP contribution in [0.1, 0.15) is 35.1 Å². The molecule has 0 saturated carbocycles. The Morgan fingerprint density at radius 1 is 1.61 bits per heavy atom. The second kappa shape index (κ2) is 4.41. The van der Waals surface area contributed by atoms with Crippen molar-refractivity contribution in [1.82, 2.24) is 20.1 Å². The van der Waals surface area contributed by atoms with Gasteiger partial charge in [-0.15, -0.1) is 5.10 Å². The second-order valence-electron chi connectivity index (χ2n) is 4.26. The van der Waals surface area contributed by atoms with E-state index in [1.54, 1.807) is 11.3 Å². The summed E-state index contributed by atoms with van der Waals surface area (Å²) in [6.07, 6.45) is 2.00. The summed E-state index contributed by atoms with van der Waals surface area (Å²) in [6.45, 7) is 0.750. The molecule has 0 radical (unpaired) electrons. The highest BCUT2D eigenvalue weighted by molar-refractivity contribution is 7.07. The fourth-order valence-electron chi connectivity index (χ4n) is 2.33. The van der Waals surface area contributed by atoms with E-state index in [4.69, 9.17) is 5.73 Å². The lowest BCUT2D eigenvalue weighted by Crippen LogP contribution is -2.31. The third-order valence-electron chi connectivity index (χ3n) is 3.15. The van der Waals surface area contributed by atoms with Crippen molar-refractivity contribution in [2.75, 3.05) is 12.3 Å². The number of carbonyl (C=O) groups is 1. The maximum Gasteiger partial charge on any atom is 0.291 e. The smallest absolute Gasteiger partial charge is 0.291 e. The number of nitrogens with one attached hydrogen (secondary N) is 1. The molecule has 94 valence electrons. The van der Waals surface area contributed by atoms with Crippen LogP contribution in [-0.2, 0) is 0 Å². The molecule has 0 aliphatic carbocycles. The van der Waals surface area contributed by atoms with Crippen molar-refractivity contribution in [1.29, 1.82) is 0 Å². The van der Waals surface area contributed by atoms with Crippen LogP contribution in [0.4, 0.5) is 5.95 Å². The SMILES string of the molecule is Nc1n[nH]c(C(=O)N2CCCC2c2ccsc2)n1. The number of nitrogens with zero attached hydrogens (tertiary/aromatic N) is 3. The van der Waals surface area contributed by atoms with E-state index in [9.17, 15) is 4.79 Å². The summed E-state index contributed by atoms with van der Waals surface area (Å²) < 4.78 is 0. The van der Waals surface area contributed by atoms with E-state index >= 15 is 0 Å². The highest BCUT2D eigenvalue weighted by Crippen LogP contribution is 2.33. The van der Waals surface area contributed by atoms with Crippen molar-refractivity contribution < 1.29 is 4.79 Å². The van der Waals surface area contributed by atoms with Crippen LogP contribution in [0, 0.1) is 0 Å². The number of likely N-dealkylation sites (tertiary alicyclic amines) is 1. The quantitative estimate of drug-likeness (QED) is 0.857. The molecule has 1 fully saturated rings. The molecule has 2 aromatic rings. The molecule has 0 bridgehead atoms. The number of amides is 1. The molecule has 3 N–H and O–H groups in total. The van der Waals surface area contributed by atoms with E-state index in [2.05, 4.69) is 26.6 Å². The zero-order valence-electron chi connectivity index (χ0n) is 9.67. The Balaban J connectivity index is 1.85. The number of aromatic nitrogens is 3. The van der Waals surface area contributed by atoms with Gasteiger partial charge in [-0.3, -0.25) is 9.89 Å². The summed E-state index contributed by atoms with van der Waals surface area (Å²) in [6, 6.07) is 2.21. The molecule has 0 aromatic carbocycles. The van der Waals surface area contributed by atoms with E-state index in [0.29, 0.717) is 0 Å². The van der Waals surface area contributed by atoms with Crippen LogP contribution in [0.25, 0.3) is 0 Å². The van der Waals surface area contributed by atoms with E-state index in [1.807, 2.05) is 10.3 Å². The zero-order chi connectivity index (χ0) is 12.5. The molecule has 18 heavy (non-hydrogen) atoms. The maximum atomic E-state index is 12.3. The van der Waals surface area contributed by atoms with Crippen LogP contribution in [-0.4, -0.2) is 32.5 Å². The lowest BCUT2D eigenvalue weighted by atomic mass is 10.1. The van der Waals surface area contributed by atoms with Gasteiger partial charge in [0.05, 0.1) is 6.04 Å². The fourth-order valence-corrected chi connectivity index (χ4v) is 3.03. The number of hydrogen-bond acceptors (Lipinski definition) is 5. The minimum absolute atomic E-state index is 0.102. The Morgan fingerprint density at radius 2 is 2.50 bits per heavy atom. The van der Waals surface area contributed by atoms with Crippen molar-refractivity contribution in [3.63, 3.8) is 0 Å². The van der Waals surface area contributed by atoms with Crippen LogP contribution < -0.4 is 5.73 Å². The van der Waals surface area contributed by atoms with Gasteiger partial charge in [0.25, 0.3) is 5.91 Å². The Morgan fingerprint density at radius 3 is 3.17 bits per heavy atom. The minimum Gasteiger partial charge on any atom is -0.366 e. The molecule has 1 saturated heterocycles. The molecular formula is C11H13N5OS. The van der Waals surface area contributed by atoms with Gasteiger partial charge in [0, 0.05) is 6.54 Å². The Hall–Kier alpha value is -1.89. The molecule has 1 unspecified atom stereocenters. The fraction of sp³-hybridized carbons (Fsp3) is 0.364. The molecule has 1 aliphatic rings. The molecule has 1 aliphatic heterocycles. The van der Waals surface area contributed by atoms with Crippen molar-refractivity contribution >= 4 is 23.2 Å². The van der Waals surface area contributed by atoms with Crippen LogP contribution in [0.2, 0.25) is 0 Å². The molecule has 7 heteroatoms. The summed E-state index contributed by atoms with van der Waals surface area (Å²) in [5.74, 6) is 0.187. The number of H-pyrrole nitrogens is 1. The van der Waals surface area contributed by atoms with Gasteiger partial charge in [0.15, 0.2) is 0 Å². The Kier molecular flexibility index (Phi) is 2.75. The number of hydrogen-bond donors (Lipinski definition) is 2. The number of anilines is 1. The Bertz CT molecular complexity index is 550. The summed E-state index contributed by atoms with van der Waals surface area (Å²) in [5, 5.41) is 10.4. The topological polar surface area (TPSA) is 87.9 Å². The maximum absolute atomic E-state index is 12.3. The van der Waals surface area contributed by atoms with E-state index in [0.717, 1.165) is 19.4 Å². The van der Waals surface area contributed by atoms with Gasteiger partial charge in [-0.1, -0.05) is 0 Å². The number of aromatic amines is 1. The first-order chi connectivity index (χ1) is 8.75. The van der Waals surface area contributed by atoms with Crippen molar-refractivity contribution in [3.8, 4) is 0 Å². The van der Waals surface area contributed by atoms with Crippen LogP contribution in [0.15, 0.2) is 16.8 Å². The summed E-state index contributed by atoms with van der Waals surface area (Å²) in [5.41, 5.74) is 6.61. The van der Waals surface area contributed by atoms with Gasteiger partial charge in [-0.05, 0) is 35.2 Å². The van der Waals surface area contributed by atoms with Gasteiger partial charge in [0.2, 0.25) is 11.8 Å². The van der Waals surface area contributed by atoms with Gasteiger partial charge < -0.3 is 10.6 Å². The standard InChI is InChI=1S/C11H13N5OS/c12-11-13-9(14-15-11)10(17)16-4-1-2-8(16)7-3-5-18-6-7/h3,5-6,8H,1-2,4H2,(H3,12,13,14,15). The van der Waals surface area contributed by atoms with Gasteiger partial charge in [0.1, 0.15) is 0 Å². The molecular weight excluding hydrogens is 250 g/mol. The predicted molar refractivity (Wildman–Crippen MR) is 68.1 cm³/mol. The third kappa shape index (κ3) is 1.86. The highest BCUT2D eigenvalue weighted by Gasteiger charge is 2.32. The monoisotopic (exact) mass is 263 g/mol. The van der Waals surface area contributed by atoms with E-state index in [-0.39, 0.29) is 23.7 Å². The lowest BCUT2D eigenvalue weighted by Gasteiger charge is -2.22. The number of carbonyl (C=O) groups excluding carboxylic acids is 1. The summed E-state index contributed by atoms with van der Waals surface area (Å²) in [4.78, 5) is 18.0. The molecule has 1 amide bonds. The first-order valence-electron chi connectivity index (χ1n) is 5.76. The molecule has 3 heterocycles. The first kappa shape index (κ1) is 11.2. The summed E-state index contributed by atoms with van der Waals surface area (Å²) >= 11 is 1.65. The largest absolute Gasteiger partial charge is 0.366 e. The number of nitrogens with two attached hydrogens (primary N) is 1. The Labute approximate surface area is 108 Å². The van der Waals surface area contributed by atoms with Crippen LogP contribution in [0.3, 0.4) is 0 Å². The molecule has 3 rings (SSSR count). The number of thiophene rings is 1. The zero-order valence-corrected chi connectivity index (χ0v) is 10.5. The first-order valence-corrected chi connectivity index (χ1v) is 6.71. The van der Waals surface area contributed by atoms with Crippen molar-refractivity contribution in [2.24, 2.45) is 0 Å². The highest BCUT2D eigenvalue weighted by atomic mass is 32.1. The lowest BCUT2D eigenvalue weighted by molar-refractivity contribution is 0.0724. The van der Waals surface area contributed by atoms with Crippen molar-refractivity contribution in [2.45, 2.75) is 18.9 Å². The molecule has 1 atom stereocenters. The normalized spacial score (nSPS) is 19.3. The second-order valence-corrected chi connectivity index (χ2v) is 5.04. The molecule has 6 nitrogen and oxygen atoms in total. The average Bonchev–Trinajstić information content (AvgIpc) is 3.08. The summed E-state index contributed by atoms with van der Waals surface area (Å²) in [7, 11) is 0. The van der Waals surface area contributed by atoms with Gasteiger partial charge in [-0.2, -0.15) is 16.3 Å². The number of rotatable bonds is 2. The van der Waals surface area contributed by atoms with E-state index in [1.165, 1.54) is 5.56 Å². The average molecular weight is 263 g/mol. The van der Waals surface area contributed by atoms with Crippen LogP contribution >= 0.6 is 11.3 Å². The third-order valence-corrected chi connectivity index (χ3v) is 3.85. The molecule has 2 aromatic heterocycles. The van der Waals surface area contributed by atoms with Crippen molar-refractivity contribution in [3.05, 3.63) is 28.2 Å². The van der Waals surface area contributed by atoms with E-state index < -0.39 is 0 Å².